The molecule has 0 heterocycles. The fourth-order valence-electron chi connectivity index (χ4n) is 1.52. The first-order valence-corrected chi connectivity index (χ1v) is 5.28. The molecule has 0 aromatic carbocycles. The number of carbonyl (C=O) groups excluding carboxylic acids is 2. The molecule has 0 bridgehead atoms. The standard InChI is InChI=1S/C8H14N2O2S/c9-8(12)10-13-7(11)6-4-2-1-3-5-6/h6H,1-5H2,(H3,9,10,12). The lowest BCUT2D eigenvalue weighted by atomic mass is 9.90. The number of primary amides is 1. The van der Waals surface area contributed by atoms with Crippen molar-refractivity contribution in [2.24, 2.45) is 11.7 Å². The number of nitrogens with two attached hydrogens (primary N) is 1. The SMILES string of the molecule is NC(=O)NSC(=O)C1CCCCC1. The Balaban J connectivity index is 2.25. The first kappa shape index (κ1) is 10.4. The van der Waals surface area contributed by atoms with Gasteiger partial charge in [-0.3, -0.25) is 9.52 Å². The van der Waals surface area contributed by atoms with Crippen LogP contribution < -0.4 is 10.5 Å². The summed E-state index contributed by atoms with van der Waals surface area (Å²) >= 11 is 0.828. The van der Waals surface area contributed by atoms with E-state index in [1.807, 2.05) is 0 Å². The highest BCUT2D eigenvalue weighted by atomic mass is 32.2. The lowest BCUT2D eigenvalue weighted by Gasteiger charge is -2.19. The van der Waals surface area contributed by atoms with Crippen LogP contribution in [0, 0.1) is 5.92 Å². The van der Waals surface area contributed by atoms with Gasteiger partial charge in [0.1, 0.15) is 0 Å². The predicted molar refractivity (Wildman–Crippen MR) is 51.9 cm³/mol. The molecule has 13 heavy (non-hydrogen) atoms. The highest BCUT2D eigenvalue weighted by Crippen LogP contribution is 2.26. The summed E-state index contributed by atoms with van der Waals surface area (Å²) in [5.41, 5.74) is 4.85. The second-order valence-electron chi connectivity index (χ2n) is 3.22. The minimum Gasteiger partial charge on any atom is -0.351 e. The Hall–Kier alpha value is -0.710. The van der Waals surface area contributed by atoms with E-state index in [2.05, 4.69) is 4.72 Å². The van der Waals surface area contributed by atoms with Gasteiger partial charge < -0.3 is 5.73 Å². The zero-order valence-corrected chi connectivity index (χ0v) is 8.23. The first-order valence-electron chi connectivity index (χ1n) is 4.46. The Morgan fingerprint density at radius 2 is 1.85 bits per heavy atom. The second kappa shape index (κ2) is 5.11. The quantitative estimate of drug-likeness (QED) is 0.631. The smallest absolute Gasteiger partial charge is 0.322 e. The summed E-state index contributed by atoms with van der Waals surface area (Å²) in [6, 6.07) is -0.658. The van der Waals surface area contributed by atoms with E-state index in [0.29, 0.717) is 0 Å². The summed E-state index contributed by atoms with van der Waals surface area (Å²) in [6.45, 7) is 0. The van der Waals surface area contributed by atoms with Crippen LogP contribution in [0.4, 0.5) is 4.79 Å². The van der Waals surface area contributed by atoms with Crippen molar-refractivity contribution in [2.45, 2.75) is 32.1 Å². The van der Waals surface area contributed by atoms with Crippen LogP contribution >= 0.6 is 11.9 Å². The van der Waals surface area contributed by atoms with Gasteiger partial charge in [0.05, 0.1) is 0 Å². The van der Waals surface area contributed by atoms with Gasteiger partial charge in [-0.2, -0.15) is 0 Å². The van der Waals surface area contributed by atoms with Crippen LogP contribution in [-0.4, -0.2) is 11.1 Å². The lowest BCUT2D eigenvalue weighted by Crippen LogP contribution is -2.27. The van der Waals surface area contributed by atoms with Gasteiger partial charge in [-0.05, 0) is 12.8 Å². The molecule has 1 aliphatic carbocycles. The van der Waals surface area contributed by atoms with E-state index >= 15 is 0 Å². The minimum atomic E-state index is -0.658. The Bertz CT molecular complexity index is 202. The van der Waals surface area contributed by atoms with Crippen LogP contribution in [-0.2, 0) is 4.79 Å². The van der Waals surface area contributed by atoms with Crippen LogP contribution in [0.1, 0.15) is 32.1 Å². The van der Waals surface area contributed by atoms with Gasteiger partial charge in [0, 0.05) is 17.9 Å². The lowest BCUT2D eigenvalue weighted by molar-refractivity contribution is -0.115. The molecule has 0 unspecified atom stereocenters. The summed E-state index contributed by atoms with van der Waals surface area (Å²) < 4.78 is 2.25. The van der Waals surface area contributed by atoms with E-state index in [0.717, 1.165) is 37.6 Å². The van der Waals surface area contributed by atoms with Crippen molar-refractivity contribution in [3.8, 4) is 0 Å². The predicted octanol–water partition coefficient (Wildman–Crippen LogP) is 1.41. The van der Waals surface area contributed by atoms with Gasteiger partial charge in [0.25, 0.3) is 0 Å². The van der Waals surface area contributed by atoms with Crippen LogP contribution in [0.2, 0.25) is 0 Å². The molecule has 1 rings (SSSR count). The van der Waals surface area contributed by atoms with Crippen molar-refractivity contribution < 1.29 is 9.59 Å². The molecule has 1 aliphatic rings. The number of hydrogen-bond acceptors (Lipinski definition) is 3. The molecular formula is C8H14N2O2S. The normalized spacial score (nSPS) is 18.2. The molecule has 0 saturated heterocycles. The third kappa shape index (κ3) is 3.67. The zero-order valence-electron chi connectivity index (χ0n) is 7.41. The topological polar surface area (TPSA) is 72.2 Å². The Morgan fingerprint density at radius 1 is 1.23 bits per heavy atom. The molecule has 1 saturated carbocycles. The molecule has 0 aromatic heterocycles. The maximum Gasteiger partial charge on any atom is 0.322 e. The number of amides is 2. The highest BCUT2D eigenvalue weighted by molar-refractivity contribution is 8.12. The number of carbonyl (C=O) groups is 2. The molecule has 1 fully saturated rings. The Labute approximate surface area is 81.8 Å². The van der Waals surface area contributed by atoms with E-state index < -0.39 is 6.03 Å². The van der Waals surface area contributed by atoms with Gasteiger partial charge in [0.15, 0.2) is 0 Å². The Kier molecular flexibility index (Phi) is 4.08. The fraction of sp³-hybridized carbons (Fsp3) is 0.750. The van der Waals surface area contributed by atoms with E-state index in [1.165, 1.54) is 6.42 Å². The van der Waals surface area contributed by atoms with Gasteiger partial charge in [-0.25, -0.2) is 4.79 Å². The zero-order chi connectivity index (χ0) is 9.68. The van der Waals surface area contributed by atoms with E-state index in [-0.39, 0.29) is 11.0 Å². The van der Waals surface area contributed by atoms with E-state index in [4.69, 9.17) is 5.73 Å². The number of nitrogens with one attached hydrogen (secondary N) is 1. The summed E-state index contributed by atoms with van der Waals surface area (Å²) in [6.07, 6.45) is 5.36. The van der Waals surface area contributed by atoms with Gasteiger partial charge in [0.2, 0.25) is 5.12 Å². The average molecular weight is 202 g/mol. The van der Waals surface area contributed by atoms with Crippen molar-refractivity contribution in [1.29, 1.82) is 0 Å². The van der Waals surface area contributed by atoms with Gasteiger partial charge >= 0.3 is 6.03 Å². The van der Waals surface area contributed by atoms with Crippen molar-refractivity contribution in [3.63, 3.8) is 0 Å². The summed E-state index contributed by atoms with van der Waals surface area (Å²) in [7, 11) is 0. The molecule has 5 heteroatoms. The highest BCUT2D eigenvalue weighted by Gasteiger charge is 2.21. The van der Waals surface area contributed by atoms with Crippen molar-refractivity contribution >= 4 is 23.1 Å². The van der Waals surface area contributed by atoms with Crippen molar-refractivity contribution in [3.05, 3.63) is 0 Å². The van der Waals surface area contributed by atoms with Crippen LogP contribution in [0.5, 0.6) is 0 Å². The number of hydrogen-bond donors (Lipinski definition) is 2. The summed E-state index contributed by atoms with van der Waals surface area (Å²) in [5, 5.41) is 0.0403. The molecule has 0 spiro atoms. The average Bonchev–Trinajstić information content (AvgIpc) is 2.15. The second-order valence-corrected chi connectivity index (χ2v) is 4.03. The molecule has 3 N–H and O–H groups in total. The molecule has 74 valence electrons. The molecule has 4 nitrogen and oxygen atoms in total. The molecule has 0 radical (unpaired) electrons. The van der Waals surface area contributed by atoms with Gasteiger partial charge in [-0.1, -0.05) is 19.3 Å². The Morgan fingerprint density at radius 3 is 2.38 bits per heavy atom. The number of rotatable bonds is 1. The van der Waals surface area contributed by atoms with Crippen LogP contribution in [0.3, 0.4) is 0 Å². The molecule has 0 aromatic rings. The maximum absolute atomic E-state index is 11.4. The van der Waals surface area contributed by atoms with Crippen molar-refractivity contribution in [1.82, 2.24) is 4.72 Å². The van der Waals surface area contributed by atoms with E-state index in [9.17, 15) is 9.59 Å². The molecule has 2 amide bonds. The van der Waals surface area contributed by atoms with E-state index in [1.54, 1.807) is 0 Å². The minimum absolute atomic E-state index is 0.0403. The maximum atomic E-state index is 11.4. The van der Waals surface area contributed by atoms with Gasteiger partial charge in [-0.15, -0.1) is 0 Å². The summed E-state index contributed by atoms with van der Waals surface area (Å²) in [4.78, 5) is 21.7. The number of urea groups is 1. The van der Waals surface area contributed by atoms with Crippen LogP contribution in [0.25, 0.3) is 0 Å². The molecule has 0 aliphatic heterocycles. The van der Waals surface area contributed by atoms with Crippen molar-refractivity contribution in [2.75, 3.05) is 0 Å². The third-order valence-electron chi connectivity index (χ3n) is 2.19. The largest absolute Gasteiger partial charge is 0.351 e. The monoisotopic (exact) mass is 202 g/mol. The fourth-order valence-corrected chi connectivity index (χ4v) is 2.13. The molecular weight excluding hydrogens is 188 g/mol. The molecule has 0 atom stereocenters. The van der Waals surface area contributed by atoms with Crippen LogP contribution in [0.15, 0.2) is 0 Å². The third-order valence-corrected chi connectivity index (χ3v) is 3.03. The first-order chi connectivity index (χ1) is 6.20. The summed E-state index contributed by atoms with van der Waals surface area (Å²) in [5.74, 6) is 0.116.